The number of hydrogen-bond acceptors (Lipinski definition) is 2. The monoisotopic (exact) mass is 177 g/mol. The van der Waals surface area contributed by atoms with E-state index in [1.54, 1.807) is 0 Å². The van der Waals surface area contributed by atoms with Crippen molar-refractivity contribution in [2.45, 2.75) is 12.8 Å². The third kappa shape index (κ3) is 2.32. The van der Waals surface area contributed by atoms with Crippen LogP contribution in [0.3, 0.4) is 0 Å². The van der Waals surface area contributed by atoms with E-state index in [2.05, 4.69) is 5.32 Å². The molecule has 0 aromatic heterocycles. The van der Waals surface area contributed by atoms with Gasteiger partial charge in [0.05, 0.1) is 0 Å². The Morgan fingerprint density at radius 1 is 1.27 bits per heavy atom. The molecule has 3 heteroatoms. The summed E-state index contributed by atoms with van der Waals surface area (Å²) in [6, 6.07) is 0. The molecule has 0 amide bonds. The second-order valence-electron chi connectivity index (χ2n) is 3.49. The van der Waals surface area contributed by atoms with Crippen molar-refractivity contribution in [3.63, 3.8) is 0 Å². The van der Waals surface area contributed by atoms with E-state index >= 15 is 0 Å². The van der Waals surface area contributed by atoms with Gasteiger partial charge in [0.25, 0.3) is 0 Å². The highest BCUT2D eigenvalue weighted by molar-refractivity contribution is 5.85. The first-order valence-electron chi connectivity index (χ1n) is 4.23. The van der Waals surface area contributed by atoms with Gasteiger partial charge in [0.1, 0.15) is 0 Å². The molecule has 66 valence electrons. The Labute approximate surface area is 74.1 Å². The van der Waals surface area contributed by atoms with Crippen LogP contribution in [0.5, 0.6) is 0 Å². The van der Waals surface area contributed by atoms with Gasteiger partial charge in [0.2, 0.25) is 0 Å². The molecule has 2 nitrogen and oxygen atoms in total. The van der Waals surface area contributed by atoms with Crippen molar-refractivity contribution in [1.82, 2.24) is 5.32 Å². The molecule has 1 N–H and O–H groups in total. The fourth-order valence-corrected chi connectivity index (χ4v) is 1.76. The number of ether oxygens (including phenoxy) is 1. The van der Waals surface area contributed by atoms with Crippen molar-refractivity contribution in [1.29, 1.82) is 0 Å². The molecule has 0 bridgehead atoms. The lowest BCUT2D eigenvalue weighted by molar-refractivity contribution is 0.174. The van der Waals surface area contributed by atoms with Crippen LogP contribution in [0.4, 0.5) is 0 Å². The van der Waals surface area contributed by atoms with Gasteiger partial charge < -0.3 is 10.1 Å². The number of halogens is 1. The highest BCUT2D eigenvalue weighted by Gasteiger charge is 2.23. The van der Waals surface area contributed by atoms with Crippen LogP contribution in [0.1, 0.15) is 12.8 Å². The first-order chi connectivity index (χ1) is 4.95. The van der Waals surface area contributed by atoms with Gasteiger partial charge in [-0.15, -0.1) is 12.4 Å². The average molecular weight is 178 g/mol. The van der Waals surface area contributed by atoms with Crippen molar-refractivity contribution in [2.75, 3.05) is 26.3 Å². The molecule has 2 aliphatic rings. The van der Waals surface area contributed by atoms with Crippen LogP contribution in [0.25, 0.3) is 0 Å². The van der Waals surface area contributed by atoms with Crippen molar-refractivity contribution in [2.24, 2.45) is 11.8 Å². The molecule has 2 fully saturated rings. The van der Waals surface area contributed by atoms with Crippen LogP contribution >= 0.6 is 12.4 Å². The second kappa shape index (κ2) is 4.29. The number of nitrogens with one attached hydrogen (secondary N) is 1. The van der Waals surface area contributed by atoms with E-state index in [1.165, 1.54) is 25.9 Å². The Kier molecular flexibility index (Phi) is 3.63. The maximum absolute atomic E-state index is 5.31. The fourth-order valence-electron chi connectivity index (χ4n) is 1.76. The fraction of sp³-hybridized carbons (Fsp3) is 1.00. The normalized spacial score (nSPS) is 31.1. The summed E-state index contributed by atoms with van der Waals surface area (Å²) in [6.07, 6.45) is 2.70. The Balaban J connectivity index is 0.000000605. The van der Waals surface area contributed by atoms with Crippen LogP contribution < -0.4 is 5.32 Å². The molecule has 0 radical (unpaired) electrons. The van der Waals surface area contributed by atoms with E-state index < -0.39 is 0 Å². The molecule has 1 atom stereocenters. The zero-order chi connectivity index (χ0) is 6.81. The third-order valence-electron chi connectivity index (χ3n) is 2.56. The quantitative estimate of drug-likeness (QED) is 0.681. The third-order valence-corrected chi connectivity index (χ3v) is 2.56. The van der Waals surface area contributed by atoms with Crippen LogP contribution in [-0.2, 0) is 4.74 Å². The molecule has 11 heavy (non-hydrogen) atoms. The molecule has 0 aliphatic carbocycles. The number of rotatable bonds is 2. The zero-order valence-electron chi connectivity index (χ0n) is 6.71. The topological polar surface area (TPSA) is 21.3 Å². The molecule has 2 aliphatic heterocycles. The maximum atomic E-state index is 5.31. The lowest BCUT2D eigenvalue weighted by Crippen LogP contribution is -2.42. The van der Waals surface area contributed by atoms with Gasteiger partial charge in [0.15, 0.2) is 0 Å². The molecule has 0 saturated carbocycles. The molecule has 2 heterocycles. The second-order valence-corrected chi connectivity index (χ2v) is 3.49. The molecule has 2 rings (SSSR count). The highest BCUT2D eigenvalue weighted by Crippen LogP contribution is 2.22. The van der Waals surface area contributed by atoms with E-state index in [4.69, 9.17) is 4.74 Å². The Morgan fingerprint density at radius 2 is 2.09 bits per heavy atom. The minimum absolute atomic E-state index is 0. The first-order valence-corrected chi connectivity index (χ1v) is 4.23. The summed E-state index contributed by atoms with van der Waals surface area (Å²) in [5.41, 5.74) is 0. The molecule has 1 unspecified atom stereocenters. The molecular weight excluding hydrogens is 162 g/mol. The Morgan fingerprint density at radius 3 is 2.55 bits per heavy atom. The largest absolute Gasteiger partial charge is 0.381 e. The van der Waals surface area contributed by atoms with Crippen LogP contribution in [-0.4, -0.2) is 26.3 Å². The zero-order valence-corrected chi connectivity index (χ0v) is 7.53. The SMILES string of the molecule is C1CC(CC2CNC2)CO1.Cl. The minimum Gasteiger partial charge on any atom is -0.381 e. The maximum Gasteiger partial charge on any atom is 0.0495 e. The first kappa shape index (κ1) is 9.30. The summed E-state index contributed by atoms with van der Waals surface area (Å²) in [7, 11) is 0. The highest BCUT2D eigenvalue weighted by atomic mass is 35.5. The standard InChI is InChI=1S/C8H15NO.ClH/c1-2-10-6-7(1)3-8-4-9-5-8;/h7-9H,1-6H2;1H. The van der Waals surface area contributed by atoms with Crippen molar-refractivity contribution in [3.05, 3.63) is 0 Å². The summed E-state index contributed by atoms with van der Waals surface area (Å²) in [4.78, 5) is 0. The Bertz CT molecular complexity index is 111. The molecule has 0 aromatic rings. The van der Waals surface area contributed by atoms with E-state index in [-0.39, 0.29) is 12.4 Å². The summed E-state index contributed by atoms with van der Waals surface area (Å²) in [6.45, 7) is 4.52. The average Bonchev–Trinajstić information content (AvgIpc) is 2.29. The van der Waals surface area contributed by atoms with Gasteiger partial charge in [0, 0.05) is 13.2 Å². The van der Waals surface area contributed by atoms with Crippen molar-refractivity contribution < 1.29 is 4.74 Å². The van der Waals surface area contributed by atoms with E-state index in [0.717, 1.165) is 25.0 Å². The lowest BCUT2D eigenvalue weighted by Gasteiger charge is -2.28. The van der Waals surface area contributed by atoms with Gasteiger partial charge >= 0.3 is 0 Å². The van der Waals surface area contributed by atoms with E-state index in [1.807, 2.05) is 0 Å². The van der Waals surface area contributed by atoms with E-state index in [0.29, 0.717) is 0 Å². The lowest BCUT2D eigenvalue weighted by atomic mass is 9.90. The molecule has 0 spiro atoms. The predicted octanol–water partition coefficient (Wildman–Crippen LogP) is 1.05. The summed E-state index contributed by atoms with van der Waals surface area (Å²) in [5.74, 6) is 1.85. The van der Waals surface area contributed by atoms with Crippen LogP contribution in [0, 0.1) is 11.8 Å². The van der Waals surface area contributed by atoms with Crippen LogP contribution in [0.15, 0.2) is 0 Å². The minimum atomic E-state index is 0. The summed E-state index contributed by atoms with van der Waals surface area (Å²) < 4.78 is 5.31. The molecular formula is C8H16ClNO. The summed E-state index contributed by atoms with van der Waals surface area (Å²) in [5, 5.41) is 3.29. The van der Waals surface area contributed by atoms with Crippen molar-refractivity contribution in [3.8, 4) is 0 Å². The van der Waals surface area contributed by atoms with Gasteiger partial charge in [-0.2, -0.15) is 0 Å². The molecule has 2 saturated heterocycles. The van der Waals surface area contributed by atoms with Gasteiger partial charge in [-0.1, -0.05) is 0 Å². The predicted molar refractivity (Wildman–Crippen MR) is 47.2 cm³/mol. The van der Waals surface area contributed by atoms with Crippen molar-refractivity contribution >= 4 is 12.4 Å². The van der Waals surface area contributed by atoms with E-state index in [9.17, 15) is 0 Å². The van der Waals surface area contributed by atoms with Gasteiger partial charge in [-0.25, -0.2) is 0 Å². The Hall–Kier alpha value is 0.210. The van der Waals surface area contributed by atoms with Gasteiger partial charge in [-0.3, -0.25) is 0 Å². The smallest absolute Gasteiger partial charge is 0.0495 e. The summed E-state index contributed by atoms with van der Waals surface area (Å²) >= 11 is 0. The molecule has 0 aromatic carbocycles. The van der Waals surface area contributed by atoms with Crippen LogP contribution in [0.2, 0.25) is 0 Å². The van der Waals surface area contributed by atoms with Gasteiger partial charge in [-0.05, 0) is 37.8 Å². The number of hydrogen-bond donors (Lipinski definition) is 1.